The van der Waals surface area contributed by atoms with Crippen molar-refractivity contribution in [3.05, 3.63) is 62.5 Å². The van der Waals surface area contributed by atoms with Gasteiger partial charge in [0.05, 0.1) is 13.5 Å². The van der Waals surface area contributed by atoms with E-state index in [4.69, 9.17) is 9.47 Å². The van der Waals surface area contributed by atoms with Gasteiger partial charge in [-0.15, -0.1) is 0 Å². The zero-order chi connectivity index (χ0) is 15.2. The van der Waals surface area contributed by atoms with E-state index >= 15 is 0 Å². The molecule has 0 aliphatic heterocycles. The number of benzene rings is 2. The molecule has 0 spiro atoms. The Balaban J connectivity index is 2.10. The van der Waals surface area contributed by atoms with Gasteiger partial charge >= 0.3 is 5.97 Å². The Morgan fingerprint density at radius 1 is 1.10 bits per heavy atom. The molecule has 2 aromatic rings. The molecule has 0 bridgehead atoms. The summed E-state index contributed by atoms with van der Waals surface area (Å²) in [6.07, 6.45) is 0.203. The summed E-state index contributed by atoms with van der Waals surface area (Å²) < 4.78 is 12.5. The zero-order valence-corrected chi connectivity index (χ0v) is 14.6. The van der Waals surface area contributed by atoms with Crippen molar-refractivity contribution in [2.24, 2.45) is 0 Å². The Morgan fingerprint density at radius 2 is 1.76 bits per heavy atom. The van der Waals surface area contributed by atoms with E-state index in [1.807, 2.05) is 42.5 Å². The molecule has 3 nitrogen and oxygen atoms in total. The molecule has 0 N–H and O–H groups in total. The van der Waals surface area contributed by atoms with Gasteiger partial charge in [0, 0.05) is 14.5 Å². The van der Waals surface area contributed by atoms with Gasteiger partial charge in [0.25, 0.3) is 0 Å². The number of methoxy groups -OCH3 is 1. The Hall–Kier alpha value is -1.33. The molecule has 21 heavy (non-hydrogen) atoms. The van der Waals surface area contributed by atoms with Crippen molar-refractivity contribution in [3.63, 3.8) is 0 Å². The molecule has 0 saturated carbocycles. The number of hydrogen-bond donors (Lipinski definition) is 0. The molecule has 0 saturated heterocycles. The van der Waals surface area contributed by atoms with Crippen molar-refractivity contribution in [3.8, 4) is 5.75 Å². The standard InChI is InChI=1S/C16H14Br2O3/c1-20-16(19)8-12-4-2-3-5-15(12)21-10-11-6-13(17)9-14(18)7-11/h2-7,9H,8,10H2,1H3. The molecule has 5 heteroatoms. The van der Waals surface area contributed by atoms with Gasteiger partial charge in [-0.3, -0.25) is 4.79 Å². The van der Waals surface area contributed by atoms with Gasteiger partial charge in [0.2, 0.25) is 0 Å². The summed E-state index contributed by atoms with van der Waals surface area (Å²) in [5.41, 5.74) is 1.85. The van der Waals surface area contributed by atoms with Crippen LogP contribution in [-0.2, 0) is 22.6 Å². The molecule has 0 radical (unpaired) electrons. The summed E-state index contributed by atoms with van der Waals surface area (Å²) in [5, 5.41) is 0. The number of rotatable bonds is 5. The number of ether oxygens (including phenoxy) is 2. The van der Waals surface area contributed by atoms with Crippen LogP contribution in [0.25, 0.3) is 0 Å². The lowest BCUT2D eigenvalue weighted by Crippen LogP contribution is -2.06. The largest absolute Gasteiger partial charge is 0.489 e. The topological polar surface area (TPSA) is 35.5 Å². The van der Waals surface area contributed by atoms with Crippen molar-refractivity contribution >= 4 is 37.8 Å². The van der Waals surface area contributed by atoms with Crippen molar-refractivity contribution in [1.29, 1.82) is 0 Å². The second-order valence-corrected chi connectivity index (χ2v) is 6.26. The minimum absolute atomic E-state index is 0.203. The lowest BCUT2D eigenvalue weighted by molar-refractivity contribution is -0.139. The average Bonchev–Trinajstić information content (AvgIpc) is 2.45. The Morgan fingerprint density at radius 3 is 2.43 bits per heavy atom. The molecule has 110 valence electrons. The van der Waals surface area contributed by atoms with E-state index in [1.54, 1.807) is 0 Å². The highest BCUT2D eigenvalue weighted by molar-refractivity contribution is 9.11. The van der Waals surface area contributed by atoms with Gasteiger partial charge in [0.1, 0.15) is 12.4 Å². The minimum Gasteiger partial charge on any atom is -0.489 e. The van der Waals surface area contributed by atoms with E-state index in [1.165, 1.54) is 7.11 Å². The molecule has 0 heterocycles. The first-order valence-corrected chi connectivity index (χ1v) is 7.89. The number of para-hydroxylation sites is 1. The molecule has 0 aliphatic carbocycles. The number of hydrogen-bond acceptors (Lipinski definition) is 3. The molecule has 0 unspecified atom stereocenters. The average molecular weight is 414 g/mol. The highest BCUT2D eigenvalue weighted by Gasteiger charge is 2.09. The lowest BCUT2D eigenvalue weighted by atomic mass is 10.1. The van der Waals surface area contributed by atoms with Crippen molar-refractivity contribution in [2.75, 3.05) is 7.11 Å². The summed E-state index contributed by atoms with van der Waals surface area (Å²) in [5.74, 6) is 0.412. The van der Waals surface area contributed by atoms with Crippen LogP contribution in [0.2, 0.25) is 0 Å². The quantitative estimate of drug-likeness (QED) is 0.676. The number of esters is 1. The molecule has 0 fully saturated rings. The first-order valence-electron chi connectivity index (χ1n) is 6.31. The van der Waals surface area contributed by atoms with Gasteiger partial charge in [-0.1, -0.05) is 50.1 Å². The van der Waals surface area contributed by atoms with Gasteiger partial charge < -0.3 is 9.47 Å². The fourth-order valence-electron chi connectivity index (χ4n) is 1.87. The van der Waals surface area contributed by atoms with E-state index in [9.17, 15) is 4.79 Å². The van der Waals surface area contributed by atoms with Gasteiger partial charge in [-0.05, 0) is 29.8 Å². The van der Waals surface area contributed by atoms with Gasteiger partial charge in [-0.25, -0.2) is 0 Å². The van der Waals surface area contributed by atoms with Crippen LogP contribution in [0.3, 0.4) is 0 Å². The fraction of sp³-hybridized carbons (Fsp3) is 0.188. The Labute approximate surface area is 140 Å². The molecule has 2 aromatic carbocycles. The van der Waals surface area contributed by atoms with E-state index in [0.717, 1.165) is 20.1 Å². The predicted octanol–water partition coefficient (Wildman–Crippen LogP) is 4.51. The number of carbonyl (C=O) groups is 1. The zero-order valence-electron chi connectivity index (χ0n) is 11.4. The maximum absolute atomic E-state index is 11.4. The van der Waals surface area contributed by atoms with Gasteiger partial charge in [-0.2, -0.15) is 0 Å². The number of halogens is 2. The highest BCUT2D eigenvalue weighted by atomic mass is 79.9. The third-order valence-corrected chi connectivity index (χ3v) is 3.77. The monoisotopic (exact) mass is 412 g/mol. The maximum atomic E-state index is 11.4. The van der Waals surface area contributed by atoms with Crippen molar-refractivity contribution in [1.82, 2.24) is 0 Å². The van der Waals surface area contributed by atoms with Crippen LogP contribution in [-0.4, -0.2) is 13.1 Å². The van der Waals surface area contributed by atoms with Crippen LogP contribution in [0.4, 0.5) is 0 Å². The first kappa shape index (κ1) is 16.0. The minimum atomic E-state index is -0.281. The highest BCUT2D eigenvalue weighted by Crippen LogP contribution is 2.23. The lowest BCUT2D eigenvalue weighted by Gasteiger charge is -2.11. The summed E-state index contributed by atoms with van der Waals surface area (Å²) in [4.78, 5) is 11.4. The van der Waals surface area contributed by atoms with Crippen LogP contribution in [0.1, 0.15) is 11.1 Å². The van der Waals surface area contributed by atoms with E-state index in [2.05, 4.69) is 31.9 Å². The predicted molar refractivity (Wildman–Crippen MR) is 88.3 cm³/mol. The van der Waals surface area contributed by atoms with Crippen molar-refractivity contribution < 1.29 is 14.3 Å². The van der Waals surface area contributed by atoms with Crippen LogP contribution in [0.15, 0.2) is 51.4 Å². The van der Waals surface area contributed by atoms with Crippen LogP contribution in [0.5, 0.6) is 5.75 Å². The Bertz CT molecular complexity index is 621. The van der Waals surface area contributed by atoms with Crippen molar-refractivity contribution in [2.45, 2.75) is 13.0 Å². The van der Waals surface area contributed by atoms with E-state index in [0.29, 0.717) is 12.4 Å². The molecule has 0 aliphatic rings. The summed E-state index contributed by atoms with van der Waals surface area (Å²) in [6.45, 7) is 0.427. The van der Waals surface area contributed by atoms with Crippen LogP contribution < -0.4 is 4.74 Å². The maximum Gasteiger partial charge on any atom is 0.310 e. The Kier molecular flexibility index (Phi) is 5.82. The molecule has 0 atom stereocenters. The smallest absolute Gasteiger partial charge is 0.310 e. The molecule has 2 rings (SSSR count). The summed E-state index contributed by atoms with van der Waals surface area (Å²) in [7, 11) is 1.38. The fourth-order valence-corrected chi connectivity index (χ4v) is 3.26. The van der Waals surface area contributed by atoms with Crippen LogP contribution >= 0.6 is 31.9 Å². The van der Waals surface area contributed by atoms with Crippen LogP contribution in [0, 0.1) is 0 Å². The summed E-state index contributed by atoms with van der Waals surface area (Å²) >= 11 is 6.90. The van der Waals surface area contributed by atoms with E-state index in [-0.39, 0.29) is 12.4 Å². The third-order valence-electron chi connectivity index (χ3n) is 2.85. The van der Waals surface area contributed by atoms with E-state index < -0.39 is 0 Å². The normalized spacial score (nSPS) is 10.2. The second kappa shape index (κ2) is 7.61. The summed E-state index contributed by atoms with van der Waals surface area (Å²) in [6, 6.07) is 13.4. The second-order valence-electron chi connectivity index (χ2n) is 4.43. The SMILES string of the molecule is COC(=O)Cc1ccccc1OCc1cc(Br)cc(Br)c1. The molecule has 0 amide bonds. The molecular formula is C16H14Br2O3. The first-order chi connectivity index (χ1) is 10.1. The molecule has 0 aromatic heterocycles. The third kappa shape index (κ3) is 4.86. The molecular weight excluding hydrogens is 400 g/mol. The number of carbonyl (C=O) groups excluding carboxylic acids is 1. The van der Waals surface area contributed by atoms with Gasteiger partial charge in [0.15, 0.2) is 0 Å².